The maximum atomic E-state index is 12.5. The van der Waals surface area contributed by atoms with Gasteiger partial charge in [-0.3, -0.25) is 4.79 Å². The summed E-state index contributed by atoms with van der Waals surface area (Å²) >= 11 is 0. The molecule has 0 atom stereocenters. The highest BCUT2D eigenvalue weighted by Crippen LogP contribution is 2.27. The Morgan fingerprint density at radius 2 is 1.94 bits per heavy atom. The number of anilines is 1. The lowest BCUT2D eigenvalue weighted by atomic mass is 9.90. The van der Waals surface area contributed by atoms with Crippen molar-refractivity contribution < 1.29 is 18.8 Å². The Balaban J connectivity index is 1.28. The summed E-state index contributed by atoms with van der Waals surface area (Å²) < 4.78 is 16.8. The summed E-state index contributed by atoms with van der Waals surface area (Å²) in [4.78, 5) is 21.2. The molecule has 1 amide bonds. The molecule has 2 aromatic heterocycles. The Kier molecular flexibility index (Phi) is 7.90. The first-order valence-electron chi connectivity index (χ1n) is 11.6. The SMILES string of the molecule is CCOc1ccc(-c2noc(CCC(=O)Nc3ncccc3OCC3CCCCC3)n2)cc1. The van der Waals surface area contributed by atoms with E-state index in [4.69, 9.17) is 14.0 Å². The van der Waals surface area contributed by atoms with E-state index in [0.717, 1.165) is 11.3 Å². The van der Waals surface area contributed by atoms with Crippen molar-refractivity contribution in [3.63, 3.8) is 0 Å². The average molecular weight is 451 g/mol. The van der Waals surface area contributed by atoms with E-state index in [0.29, 0.717) is 48.8 Å². The number of ether oxygens (including phenoxy) is 2. The first-order valence-corrected chi connectivity index (χ1v) is 11.6. The number of carbonyl (C=O) groups excluding carboxylic acids is 1. The molecule has 0 saturated heterocycles. The predicted molar refractivity (Wildman–Crippen MR) is 124 cm³/mol. The van der Waals surface area contributed by atoms with Crippen LogP contribution in [-0.2, 0) is 11.2 Å². The number of rotatable bonds is 10. The highest BCUT2D eigenvalue weighted by molar-refractivity contribution is 5.91. The van der Waals surface area contributed by atoms with Crippen LogP contribution in [0.3, 0.4) is 0 Å². The van der Waals surface area contributed by atoms with Crippen molar-refractivity contribution in [2.75, 3.05) is 18.5 Å². The molecular weight excluding hydrogens is 420 g/mol. The Morgan fingerprint density at radius 3 is 2.73 bits per heavy atom. The largest absolute Gasteiger partial charge is 0.494 e. The standard InChI is InChI=1S/C25H30N4O4/c1-2-31-20-12-10-19(11-13-20)24-28-23(33-29-24)15-14-22(30)27-25-21(9-6-16-26-25)32-17-18-7-4-3-5-8-18/h6,9-13,16,18H,2-5,7-8,14-15,17H2,1H3,(H,26,27,30). The number of benzene rings is 1. The zero-order chi connectivity index (χ0) is 22.9. The summed E-state index contributed by atoms with van der Waals surface area (Å²) in [7, 11) is 0. The predicted octanol–water partition coefficient (Wildman–Crippen LogP) is 5.06. The van der Waals surface area contributed by atoms with Crippen LogP contribution in [0.15, 0.2) is 47.1 Å². The zero-order valence-electron chi connectivity index (χ0n) is 19.0. The summed E-state index contributed by atoms with van der Waals surface area (Å²) in [6.07, 6.45) is 8.41. The van der Waals surface area contributed by atoms with Crippen molar-refractivity contribution in [2.45, 2.75) is 51.9 Å². The topological polar surface area (TPSA) is 99.4 Å². The molecule has 1 saturated carbocycles. The van der Waals surface area contributed by atoms with Crippen LogP contribution in [0.5, 0.6) is 11.5 Å². The minimum absolute atomic E-state index is 0.183. The fourth-order valence-corrected chi connectivity index (χ4v) is 3.92. The van der Waals surface area contributed by atoms with E-state index >= 15 is 0 Å². The van der Waals surface area contributed by atoms with Gasteiger partial charge >= 0.3 is 0 Å². The van der Waals surface area contributed by atoms with Crippen molar-refractivity contribution in [3.8, 4) is 22.9 Å². The van der Waals surface area contributed by atoms with Crippen LogP contribution in [0.2, 0.25) is 0 Å². The van der Waals surface area contributed by atoms with E-state index in [1.807, 2.05) is 43.3 Å². The van der Waals surface area contributed by atoms with Gasteiger partial charge in [0.2, 0.25) is 17.6 Å². The molecule has 1 aliphatic rings. The molecule has 33 heavy (non-hydrogen) atoms. The first-order chi connectivity index (χ1) is 16.2. The van der Waals surface area contributed by atoms with Gasteiger partial charge in [-0.1, -0.05) is 24.4 Å². The first kappa shape index (κ1) is 22.8. The van der Waals surface area contributed by atoms with E-state index in [-0.39, 0.29) is 12.3 Å². The second-order valence-corrected chi connectivity index (χ2v) is 8.18. The third-order valence-electron chi connectivity index (χ3n) is 5.69. The molecule has 1 fully saturated rings. The molecule has 1 aliphatic carbocycles. The van der Waals surface area contributed by atoms with Gasteiger partial charge in [0.15, 0.2) is 11.6 Å². The number of carbonyl (C=O) groups is 1. The van der Waals surface area contributed by atoms with Crippen molar-refractivity contribution in [2.24, 2.45) is 5.92 Å². The van der Waals surface area contributed by atoms with Crippen LogP contribution in [0, 0.1) is 5.92 Å². The Hall–Kier alpha value is -3.42. The summed E-state index contributed by atoms with van der Waals surface area (Å²) in [5.41, 5.74) is 0.825. The molecule has 0 spiro atoms. The van der Waals surface area contributed by atoms with Gasteiger partial charge in [0.25, 0.3) is 0 Å². The quantitative estimate of drug-likeness (QED) is 0.461. The number of nitrogens with one attached hydrogen (secondary N) is 1. The molecular formula is C25H30N4O4. The van der Waals surface area contributed by atoms with Crippen LogP contribution < -0.4 is 14.8 Å². The average Bonchev–Trinajstić information content (AvgIpc) is 3.33. The molecule has 8 nitrogen and oxygen atoms in total. The van der Waals surface area contributed by atoms with Crippen molar-refractivity contribution in [3.05, 3.63) is 48.5 Å². The lowest BCUT2D eigenvalue weighted by molar-refractivity contribution is -0.116. The van der Waals surface area contributed by atoms with Crippen LogP contribution in [0.25, 0.3) is 11.4 Å². The lowest BCUT2D eigenvalue weighted by Crippen LogP contribution is -2.18. The molecule has 8 heteroatoms. The highest BCUT2D eigenvalue weighted by Gasteiger charge is 2.16. The van der Waals surface area contributed by atoms with E-state index in [1.54, 1.807) is 6.20 Å². The highest BCUT2D eigenvalue weighted by atomic mass is 16.5. The number of pyridine rings is 1. The van der Waals surface area contributed by atoms with Gasteiger partial charge in [0.05, 0.1) is 13.2 Å². The number of hydrogen-bond acceptors (Lipinski definition) is 7. The van der Waals surface area contributed by atoms with E-state index < -0.39 is 0 Å². The summed E-state index contributed by atoms with van der Waals surface area (Å²) in [5, 5.41) is 6.86. The molecule has 3 aromatic rings. The van der Waals surface area contributed by atoms with Crippen molar-refractivity contribution in [1.82, 2.24) is 15.1 Å². The second kappa shape index (κ2) is 11.4. The summed E-state index contributed by atoms with van der Waals surface area (Å²) in [6.45, 7) is 3.21. The van der Waals surface area contributed by atoms with Gasteiger partial charge in [-0.05, 0) is 62.1 Å². The molecule has 0 bridgehead atoms. The molecule has 0 radical (unpaired) electrons. The van der Waals surface area contributed by atoms with Crippen LogP contribution in [-0.4, -0.2) is 34.2 Å². The molecule has 1 N–H and O–H groups in total. The van der Waals surface area contributed by atoms with Crippen LogP contribution in [0.1, 0.15) is 51.3 Å². The van der Waals surface area contributed by atoms with Gasteiger partial charge in [0.1, 0.15) is 5.75 Å². The molecule has 2 heterocycles. The van der Waals surface area contributed by atoms with Crippen LogP contribution in [0.4, 0.5) is 5.82 Å². The van der Waals surface area contributed by atoms with Gasteiger partial charge in [-0.25, -0.2) is 4.98 Å². The van der Waals surface area contributed by atoms with E-state index in [2.05, 4.69) is 20.4 Å². The molecule has 1 aromatic carbocycles. The summed E-state index contributed by atoms with van der Waals surface area (Å²) in [5.74, 6) is 3.12. The number of hydrogen-bond donors (Lipinski definition) is 1. The van der Waals surface area contributed by atoms with Crippen LogP contribution >= 0.6 is 0 Å². The normalized spacial score (nSPS) is 14.1. The fraction of sp³-hybridized carbons (Fsp3) is 0.440. The van der Waals surface area contributed by atoms with Crippen molar-refractivity contribution in [1.29, 1.82) is 0 Å². The maximum Gasteiger partial charge on any atom is 0.227 e. The minimum Gasteiger partial charge on any atom is -0.494 e. The zero-order valence-corrected chi connectivity index (χ0v) is 19.0. The summed E-state index contributed by atoms with van der Waals surface area (Å²) in [6, 6.07) is 11.1. The third-order valence-corrected chi connectivity index (χ3v) is 5.69. The lowest BCUT2D eigenvalue weighted by Gasteiger charge is -2.22. The van der Waals surface area contributed by atoms with E-state index in [9.17, 15) is 4.79 Å². The fourth-order valence-electron chi connectivity index (χ4n) is 3.92. The molecule has 174 valence electrons. The Morgan fingerprint density at radius 1 is 1.12 bits per heavy atom. The Bertz CT molecular complexity index is 1030. The second-order valence-electron chi connectivity index (χ2n) is 8.18. The minimum atomic E-state index is -0.183. The van der Waals surface area contributed by atoms with Gasteiger partial charge in [-0.15, -0.1) is 0 Å². The number of aromatic nitrogens is 3. The van der Waals surface area contributed by atoms with Gasteiger partial charge in [0, 0.05) is 24.6 Å². The number of nitrogens with zero attached hydrogens (tertiary/aromatic N) is 3. The molecule has 4 rings (SSSR count). The number of amides is 1. The maximum absolute atomic E-state index is 12.5. The smallest absolute Gasteiger partial charge is 0.227 e. The number of aryl methyl sites for hydroxylation is 1. The Labute approximate surface area is 193 Å². The van der Waals surface area contributed by atoms with Gasteiger partial charge in [-0.2, -0.15) is 4.98 Å². The van der Waals surface area contributed by atoms with Crippen molar-refractivity contribution >= 4 is 11.7 Å². The third kappa shape index (κ3) is 6.54. The molecule has 0 aliphatic heterocycles. The molecule has 0 unspecified atom stereocenters. The monoisotopic (exact) mass is 450 g/mol. The van der Waals surface area contributed by atoms with Gasteiger partial charge < -0.3 is 19.3 Å². The van der Waals surface area contributed by atoms with E-state index in [1.165, 1.54) is 32.1 Å².